The fraction of sp³-hybridized carbons (Fsp3) is 0.333. The number of carbonyl (C=O) groups excluding carboxylic acids is 1. The summed E-state index contributed by atoms with van der Waals surface area (Å²) in [4.78, 5) is 14.2. The number of thiazole rings is 1. The zero-order valence-electron chi connectivity index (χ0n) is 6.06. The van der Waals surface area contributed by atoms with Crippen LogP contribution in [0.1, 0.15) is 4.88 Å². The van der Waals surface area contributed by atoms with E-state index in [1.54, 1.807) is 0 Å². The van der Waals surface area contributed by atoms with Crippen molar-refractivity contribution in [1.82, 2.24) is 4.98 Å². The van der Waals surface area contributed by atoms with Crippen molar-refractivity contribution in [2.75, 3.05) is 0 Å². The van der Waals surface area contributed by atoms with Crippen LogP contribution in [0, 0.1) is 0 Å². The Hall–Kier alpha value is -0.620. The molecule has 0 aliphatic rings. The average Bonchev–Trinajstić information content (AvgIpc) is 2.33. The van der Waals surface area contributed by atoms with Gasteiger partial charge in [0, 0.05) is 11.1 Å². The van der Waals surface area contributed by atoms with E-state index in [1.807, 2.05) is 0 Å². The van der Waals surface area contributed by atoms with Crippen molar-refractivity contribution in [3.05, 3.63) is 15.5 Å². The van der Waals surface area contributed by atoms with Gasteiger partial charge in [0.05, 0.1) is 6.42 Å². The molecule has 0 radical (unpaired) electrons. The van der Waals surface area contributed by atoms with E-state index >= 15 is 0 Å². The number of halogens is 4. The molecule has 72 valence electrons. The molecule has 0 spiro atoms. The van der Waals surface area contributed by atoms with Gasteiger partial charge < -0.3 is 0 Å². The van der Waals surface area contributed by atoms with Crippen LogP contribution in [0.5, 0.6) is 0 Å². The molecule has 1 rings (SSSR count). The molecule has 0 aliphatic carbocycles. The minimum absolute atomic E-state index is 0.130. The number of nitrogens with zero attached hydrogens (tertiary/aromatic N) is 1. The van der Waals surface area contributed by atoms with Gasteiger partial charge >= 0.3 is 6.18 Å². The topological polar surface area (TPSA) is 30.0 Å². The summed E-state index contributed by atoms with van der Waals surface area (Å²) in [6.07, 6.45) is -4.30. The minimum Gasteiger partial charge on any atom is -0.289 e. The molecular formula is C6H3ClF3NOS. The smallest absolute Gasteiger partial charge is 0.289 e. The molecule has 0 saturated heterocycles. The summed E-state index contributed by atoms with van der Waals surface area (Å²) in [7, 11) is 0. The van der Waals surface area contributed by atoms with Crippen LogP contribution in [0.2, 0.25) is 4.47 Å². The lowest BCUT2D eigenvalue weighted by atomic mass is 10.2. The van der Waals surface area contributed by atoms with Gasteiger partial charge in [0.15, 0.2) is 4.47 Å². The van der Waals surface area contributed by atoms with Gasteiger partial charge in [-0.2, -0.15) is 13.2 Å². The van der Waals surface area contributed by atoms with Gasteiger partial charge in [0.1, 0.15) is 0 Å². The largest absolute Gasteiger partial charge is 0.450 e. The normalized spacial score (nSPS) is 11.7. The van der Waals surface area contributed by atoms with Gasteiger partial charge in [-0.25, -0.2) is 4.98 Å². The van der Waals surface area contributed by atoms with Crippen molar-refractivity contribution in [2.24, 2.45) is 0 Å². The maximum Gasteiger partial charge on any atom is 0.450 e. The Morgan fingerprint density at radius 1 is 1.62 bits per heavy atom. The molecule has 0 bridgehead atoms. The van der Waals surface area contributed by atoms with Crippen LogP contribution in [0.25, 0.3) is 0 Å². The molecule has 0 aromatic carbocycles. The van der Waals surface area contributed by atoms with E-state index in [0.717, 1.165) is 17.5 Å². The van der Waals surface area contributed by atoms with Crippen LogP contribution < -0.4 is 0 Å². The third kappa shape index (κ3) is 2.96. The van der Waals surface area contributed by atoms with Crippen LogP contribution in [0.15, 0.2) is 6.20 Å². The lowest BCUT2D eigenvalue weighted by Crippen LogP contribution is -2.24. The third-order valence-corrected chi connectivity index (χ3v) is 2.29. The highest BCUT2D eigenvalue weighted by molar-refractivity contribution is 7.15. The summed E-state index contributed by atoms with van der Waals surface area (Å²) >= 11 is 6.24. The number of aromatic nitrogens is 1. The summed E-state index contributed by atoms with van der Waals surface area (Å²) in [5.74, 6) is -1.78. The van der Waals surface area contributed by atoms with Crippen LogP contribution >= 0.6 is 22.9 Å². The van der Waals surface area contributed by atoms with Gasteiger partial charge in [0.2, 0.25) is 5.78 Å². The number of rotatable bonds is 2. The van der Waals surface area contributed by atoms with Gasteiger partial charge in [-0.05, 0) is 0 Å². The van der Waals surface area contributed by atoms with Gasteiger partial charge in [-0.15, -0.1) is 11.3 Å². The summed E-state index contributed by atoms with van der Waals surface area (Å²) in [5, 5.41) is 0. The van der Waals surface area contributed by atoms with Crippen molar-refractivity contribution in [1.29, 1.82) is 0 Å². The molecule has 0 unspecified atom stereocenters. The fourth-order valence-corrected chi connectivity index (χ4v) is 1.60. The molecule has 0 saturated carbocycles. The predicted molar refractivity (Wildman–Crippen MR) is 41.9 cm³/mol. The first kappa shape index (κ1) is 10.5. The van der Waals surface area contributed by atoms with Crippen molar-refractivity contribution in [2.45, 2.75) is 12.6 Å². The molecule has 0 fully saturated rings. The maximum atomic E-state index is 11.7. The second-order valence-corrected chi connectivity index (χ2v) is 3.87. The van der Waals surface area contributed by atoms with E-state index in [2.05, 4.69) is 4.98 Å². The lowest BCUT2D eigenvalue weighted by molar-refractivity contribution is -0.170. The number of hydrogen-bond acceptors (Lipinski definition) is 3. The van der Waals surface area contributed by atoms with E-state index in [1.165, 1.54) is 0 Å². The Bertz CT molecular complexity index is 322. The van der Waals surface area contributed by atoms with Crippen molar-refractivity contribution in [3.63, 3.8) is 0 Å². The SMILES string of the molecule is O=C(Cc1cnc(Cl)s1)C(F)(F)F. The highest BCUT2D eigenvalue weighted by Gasteiger charge is 2.38. The molecule has 0 amide bonds. The summed E-state index contributed by atoms with van der Waals surface area (Å²) < 4.78 is 35.4. The number of alkyl halides is 3. The van der Waals surface area contributed by atoms with Crippen LogP contribution in [-0.2, 0) is 11.2 Å². The molecule has 0 atom stereocenters. The number of hydrogen-bond donors (Lipinski definition) is 0. The molecule has 7 heteroatoms. The van der Waals surface area contributed by atoms with Gasteiger partial charge in [0.25, 0.3) is 0 Å². The Morgan fingerprint density at radius 2 is 2.23 bits per heavy atom. The second kappa shape index (κ2) is 3.63. The fourth-order valence-electron chi connectivity index (χ4n) is 0.624. The van der Waals surface area contributed by atoms with Crippen LogP contribution in [0.4, 0.5) is 13.2 Å². The molecule has 1 heterocycles. The summed E-state index contributed by atoms with van der Waals surface area (Å²) in [6.45, 7) is 0. The van der Waals surface area contributed by atoms with E-state index < -0.39 is 18.4 Å². The van der Waals surface area contributed by atoms with Crippen LogP contribution in [0.3, 0.4) is 0 Å². The molecule has 0 N–H and O–H groups in total. The number of Topliss-reactive ketones (excluding diaryl/α,β-unsaturated/α-hetero) is 1. The first-order chi connectivity index (χ1) is 5.89. The Morgan fingerprint density at radius 3 is 2.62 bits per heavy atom. The Balaban J connectivity index is 2.65. The Kier molecular flexibility index (Phi) is 2.92. The van der Waals surface area contributed by atoms with Gasteiger partial charge in [-0.1, -0.05) is 11.6 Å². The average molecular weight is 230 g/mol. The van der Waals surface area contributed by atoms with E-state index in [-0.39, 0.29) is 9.34 Å². The minimum atomic E-state index is -4.78. The molecular weight excluding hydrogens is 227 g/mol. The van der Waals surface area contributed by atoms with Crippen LogP contribution in [-0.4, -0.2) is 16.9 Å². The highest BCUT2D eigenvalue weighted by Crippen LogP contribution is 2.23. The summed E-state index contributed by atoms with van der Waals surface area (Å²) in [6, 6.07) is 0. The summed E-state index contributed by atoms with van der Waals surface area (Å²) in [5.41, 5.74) is 0. The highest BCUT2D eigenvalue weighted by atomic mass is 35.5. The first-order valence-electron chi connectivity index (χ1n) is 3.10. The number of ketones is 1. The molecule has 1 aromatic heterocycles. The molecule has 0 aliphatic heterocycles. The zero-order valence-corrected chi connectivity index (χ0v) is 7.63. The quantitative estimate of drug-likeness (QED) is 0.780. The maximum absolute atomic E-state index is 11.7. The monoisotopic (exact) mass is 229 g/mol. The van der Waals surface area contributed by atoms with Gasteiger partial charge in [-0.3, -0.25) is 4.79 Å². The molecule has 13 heavy (non-hydrogen) atoms. The third-order valence-electron chi connectivity index (χ3n) is 1.18. The lowest BCUT2D eigenvalue weighted by Gasteiger charge is -2.01. The van der Waals surface area contributed by atoms with Crippen molar-refractivity contribution in [3.8, 4) is 0 Å². The Labute approximate surface area is 80.3 Å². The van der Waals surface area contributed by atoms with E-state index in [4.69, 9.17) is 11.6 Å². The predicted octanol–water partition coefficient (Wildman–Crippen LogP) is 2.47. The first-order valence-corrected chi connectivity index (χ1v) is 4.29. The number of carbonyl (C=O) groups is 1. The zero-order chi connectivity index (χ0) is 10.1. The van der Waals surface area contributed by atoms with Crippen molar-refractivity contribution < 1.29 is 18.0 Å². The van der Waals surface area contributed by atoms with Crippen molar-refractivity contribution >= 4 is 28.7 Å². The van der Waals surface area contributed by atoms with E-state index in [9.17, 15) is 18.0 Å². The second-order valence-electron chi connectivity index (χ2n) is 2.18. The molecule has 1 aromatic rings. The standard InChI is InChI=1S/C6H3ClF3NOS/c7-5-11-2-3(13-5)1-4(12)6(8,9)10/h2H,1H2. The van der Waals surface area contributed by atoms with E-state index in [0.29, 0.717) is 0 Å². The molecule has 2 nitrogen and oxygen atoms in total.